The monoisotopic (exact) mass is 290 g/mol. The second-order valence-electron chi connectivity index (χ2n) is 3.70. The predicted octanol–water partition coefficient (Wildman–Crippen LogP) is 2.02. The van der Waals surface area contributed by atoms with Gasteiger partial charge in [-0.1, -0.05) is 23.4 Å². The van der Waals surface area contributed by atoms with Crippen LogP contribution in [0.1, 0.15) is 18.6 Å². The van der Waals surface area contributed by atoms with E-state index in [2.05, 4.69) is 0 Å². The smallest absolute Gasteiger partial charge is 0.185 e. The quantitative estimate of drug-likeness (QED) is 0.868. The summed E-state index contributed by atoms with van der Waals surface area (Å²) in [6.07, 6.45) is -2.21. The van der Waals surface area contributed by atoms with Crippen molar-refractivity contribution in [3.8, 4) is 5.75 Å². The maximum atomic E-state index is 10.8. The summed E-state index contributed by atoms with van der Waals surface area (Å²) < 4.78 is 5.09. The lowest BCUT2D eigenvalue weighted by Crippen LogP contribution is -2.22. The fourth-order valence-electron chi connectivity index (χ4n) is 1.44. The van der Waals surface area contributed by atoms with Crippen molar-refractivity contribution in [3.63, 3.8) is 0 Å². The molecule has 4 nitrogen and oxygen atoms in total. The Morgan fingerprint density at radius 2 is 2.17 bits per heavy atom. The topological polar surface area (TPSA) is 66.8 Å². The van der Waals surface area contributed by atoms with Gasteiger partial charge in [-0.25, -0.2) is 0 Å². The van der Waals surface area contributed by atoms with Crippen LogP contribution in [0.4, 0.5) is 0 Å². The lowest BCUT2D eigenvalue weighted by molar-refractivity contribution is -0.109. The summed E-state index contributed by atoms with van der Waals surface area (Å²) in [5.41, 5.74) is 0.404. The number of benzene rings is 1. The highest BCUT2D eigenvalue weighted by atomic mass is 35.5. The van der Waals surface area contributed by atoms with Crippen LogP contribution in [0.3, 0.4) is 0 Å². The molecule has 0 radical (unpaired) electrons. The summed E-state index contributed by atoms with van der Waals surface area (Å²) in [5.74, 6) is 0.561. The van der Waals surface area contributed by atoms with Crippen LogP contribution in [0.5, 0.6) is 5.75 Å². The van der Waals surface area contributed by atoms with E-state index in [1.54, 1.807) is 12.1 Å². The molecule has 1 aromatic carbocycles. The maximum Gasteiger partial charge on any atom is 0.185 e. The number of methoxy groups -OCH3 is 1. The minimum absolute atomic E-state index is 0.112. The molecule has 0 aliphatic carbocycles. The van der Waals surface area contributed by atoms with Crippen LogP contribution < -0.4 is 4.74 Å². The van der Waals surface area contributed by atoms with E-state index in [1.165, 1.54) is 20.1 Å². The van der Waals surface area contributed by atoms with Gasteiger partial charge in [-0.2, -0.15) is 0 Å². The summed E-state index contributed by atoms with van der Waals surface area (Å²) in [6.45, 7) is 1.41. The predicted molar refractivity (Wildman–Crippen MR) is 72.1 cm³/mol. The molecule has 2 unspecified atom stereocenters. The summed E-state index contributed by atoms with van der Waals surface area (Å²) in [6, 6.07) is 4.78. The van der Waals surface area contributed by atoms with Crippen LogP contribution >= 0.6 is 23.4 Å². The van der Waals surface area contributed by atoms with Crippen molar-refractivity contribution in [2.24, 2.45) is 0 Å². The molecule has 100 valence electrons. The molecular weight excluding hydrogens is 276 g/mol. The van der Waals surface area contributed by atoms with Crippen molar-refractivity contribution in [3.05, 3.63) is 28.8 Å². The number of aliphatic hydroxyl groups excluding tert-OH is 2. The largest absolute Gasteiger partial charge is 0.496 e. The van der Waals surface area contributed by atoms with E-state index in [4.69, 9.17) is 16.3 Å². The molecule has 0 aromatic heterocycles. The Bertz CT molecular complexity index is 425. The number of ether oxygens (including phenoxy) is 1. The SMILES string of the molecule is COc1ccc(Cl)cc1C(O)C(O)CSC(C)=O. The number of rotatable bonds is 5. The molecule has 0 heterocycles. The van der Waals surface area contributed by atoms with Gasteiger partial charge in [0.1, 0.15) is 11.9 Å². The molecule has 0 spiro atoms. The molecule has 0 saturated heterocycles. The van der Waals surface area contributed by atoms with E-state index >= 15 is 0 Å². The van der Waals surface area contributed by atoms with Gasteiger partial charge in [0.05, 0.1) is 13.2 Å². The standard InChI is InChI=1S/C12H15ClO4S/c1-7(14)18-6-10(15)12(16)9-5-8(13)3-4-11(9)17-2/h3-5,10,12,15-16H,6H2,1-2H3. The van der Waals surface area contributed by atoms with Gasteiger partial charge in [-0.05, 0) is 18.2 Å². The first-order valence-electron chi connectivity index (χ1n) is 5.28. The first-order valence-corrected chi connectivity index (χ1v) is 6.65. The van der Waals surface area contributed by atoms with Gasteiger partial charge in [-0.3, -0.25) is 4.79 Å². The second kappa shape index (κ2) is 6.99. The molecule has 0 saturated carbocycles. The fourth-order valence-corrected chi connectivity index (χ4v) is 2.21. The highest BCUT2D eigenvalue weighted by molar-refractivity contribution is 8.13. The highest BCUT2D eigenvalue weighted by Gasteiger charge is 2.22. The first kappa shape index (κ1) is 15.3. The van der Waals surface area contributed by atoms with Crippen molar-refractivity contribution in [2.75, 3.05) is 12.9 Å². The number of carbonyl (C=O) groups excluding carboxylic acids is 1. The Balaban J connectivity index is 2.84. The van der Waals surface area contributed by atoms with Gasteiger partial charge in [-0.15, -0.1) is 0 Å². The van der Waals surface area contributed by atoms with E-state index in [0.717, 1.165) is 11.8 Å². The molecule has 2 atom stereocenters. The van der Waals surface area contributed by atoms with Gasteiger partial charge in [0.25, 0.3) is 0 Å². The molecular formula is C12H15ClO4S. The maximum absolute atomic E-state index is 10.8. The molecule has 0 bridgehead atoms. The number of thioether (sulfide) groups is 1. The lowest BCUT2D eigenvalue weighted by Gasteiger charge is -2.19. The number of halogens is 1. The zero-order valence-corrected chi connectivity index (χ0v) is 11.7. The molecule has 0 aliphatic rings. The molecule has 18 heavy (non-hydrogen) atoms. The van der Waals surface area contributed by atoms with Gasteiger partial charge < -0.3 is 14.9 Å². The van der Waals surface area contributed by atoms with Crippen molar-refractivity contribution in [1.29, 1.82) is 0 Å². The van der Waals surface area contributed by atoms with Gasteiger partial charge in [0.2, 0.25) is 0 Å². The van der Waals surface area contributed by atoms with E-state index in [1.807, 2.05) is 0 Å². The summed E-state index contributed by atoms with van der Waals surface area (Å²) in [4.78, 5) is 10.8. The number of aliphatic hydroxyl groups is 2. The van der Waals surface area contributed by atoms with Crippen molar-refractivity contribution >= 4 is 28.5 Å². The Kier molecular flexibility index (Phi) is 5.95. The molecule has 0 amide bonds. The van der Waals surface area contributed by atoms with Crippen LogP contribution in [0.25, 0.3) is 0 Å². The average Bonchev–Trinajstić information content (AvgIpc) is 2.34. The zero-order chi connectivity index (χ0) is 13.7. The Hall–Kier alpha value is -0.750. The minimum Gasteiger partial charge on any atom is -0.496 e. The number of carbonyl (C=O) groups is 1. The van der Waals surface area contributed by atoms with Gasteiger partial charge in [0.15, 0.2) is 5.12 Å². The summed E-state index contributed by atoms with van der Waals surface area (Å²) in [5, 5.41) is 20.2. The molecule has 0 aliphatic heterocycles. The highest BCUT2D eigenvalue weighted by Crippen LogP contribution is 2.31. The van der Waals surface area contributed by atoms with Gasteiger partial charge >= 0.3 is 0 Å². The number of hydrogen-bond donors (Lipinski definition) is 2. The van der Waals surface area contributed by atoms with Crippen LogP contribution in [0, 0.1) is 0 Å². The van der Waals surface area contributed by atoms with Crippen LogP contribution in [-0.2, 0) is 4.79 Å². The Morgan fingerprint density at radius 1 is 1.50 bits per heavy atom. The zero-order valence-electron chi connectivity index (χ0n) is 10.1. The van der Waals surface area contributed by atoms with Crippen LogP contribution in [-0.4, -0.2) is 34.3 Å². The molecule has 0 fully saturated rings. The fraction of sp³-hybridized carbons (Fsp3) is 0.417. The Labute approximate surface area is 115 Å². The number of hydrogen-bond acceptors (Lipinski definition) is 5. The van der Waals surface area contributed by atoms with E-state index in [0.29, 0.717) is 16.3 Å². The molecule has 1 aromatic rings. The minimum atomic E-state index is -1.15. The van der Waals surface area contributed by atoms with Crippen LogP contribution in [0.2, 0.25) is 5.02 Å². The van der Waals surface area contributed by atoms with Gasteiger partial charge in [0, 0.05) is 23.3 Å². The second-order valence-corrected chi connectivity index (χ2v) is 5.33. The third-order valence-corrected chi connectivity index (χ3v) is 3.48. The van der Waals surface area contributed by atoms with E-state index < -0.39 is 12.2 Å². The average molecular weight is 291 g/mol. The molecule has 6 heteroatoms. The normalized spacial score (nSPS) is 14.1. The first-order chi connectivity index (χ1) is 8.45. The van der Waals surface area contributed by atoms with Crippen molar-refractivity contribution in [1.82, 2.24) is 0 Å². The van der Waals surface area contributed by atoms with Crippen LogP contribution in [0.15, 0.2) is 18.2 Å². The molecule has 2 N–H and O–H groups in total. The van der Waals surface area contributed by atoms with Crippen molar-refractivity contribution in [2.45, 2.75) is 19.1 Å². The third-order valence-electron chi connectivity index (χ3n) is 2.33. The third kappa shape index (κ3) is 4.17. The van der Waals surface area contributed by atoms with Crippen molar-refractivity contribution < 1.29 is 19.7 Å². The summed E-state index contributed by atoms with van der Waals surface area (Å²) >= 11 is 6.80. The lowest BCUT2D eigenvalue weighted by atomic mass is 10.0. The summed E-state index contributed by atoms with van der Waals surface area (Å²) in [7, 11) is 1.47. The Morgan fingerprint density at radius 3 is 2.72 bits per heavy atom. The molecule has 1 rings (SSSR count). The van der Waals surface area contributed by atoms with E-state index in [9.17, 15) is 15.0 Å². The van der Waals surface area contributed by atoms with E-state index in [-0.39, 0.29) is 10.9 Å².